The summed E-state index contributed by atoms with van der Waals surface area (Å²) in [5.41, 5.74) is -0.740. The molecule has 0 amide bonds. The Hall–Kier alpha value is -0.610. The first-order chi connectivity index (χ1) is 11.0. The molecule has 7 atom stereocenters. The van der Waals surface area contributed by atoms with Crippen LogP contribution in [0.25, 0.3) is 0 Å². The molecule has 3 fully saturated rings. The van der Waals surface area contributed by atoms with Crippen LogP contribution in [-0.4, -0.2) is 74.4 Å². The van der Waals surface area contributed by atoms with Gasteiger partial charge in [-0.05, 0) is 11.8 Å². The zero-order valence-corrected chi connectivity index (χ0v) is 14.0. The second-order valence-electron chi connectivity index (χ2n) is 8.09. The normalized spacial score (nSPS) is 49.6. The first-order valence-corrected chi connectivity index (χ1v) is 8.22. The van der Waals surface area contributed by atoms with Gasteiger partial charge in [-0.15, -0.1) is 0 Å². The molecule has 8 nitrogen and oxygen atoms in total. The maximum Gasteiger partial charge on any atom is 0.224 e. The van der Waals surface area contributed by atoms with Gasteiger partial charge in [0, 0.05) is 17.8 Å². The van der Waals surface area contributed by atoms with Crippen molar-refractivity contribution < 1.29 is 39.8 Å². The molecule has 24 heavy (non-hydrogen) atoms. The van der Waals surface area contributed by atoms with Crippen LogP contribution in [0.4, 0.5) is 0 Å². The van der Waals surface area contributed by atoms with E-state index in [0.29, 0.717) is 12.8 Å². The van der Waals surface area contributed by atoms with Gasteiger partial charge in [0.25, 0.3) is 0 Å². The van der Waals surface area contributed by atoms with Crippen LogP contribution >= 0.6 is 0 Å². The Morgan fingerprint density at radius 2 is 1.83 bits per heavy atom. The molecule has 8 heteroatoms. The molecule has 1 aliphatic heterocycles. The van der Waals surface area contributed by atoms with Crippen molar-refractivity contribution in [1.29, 1.82) is 0 Å². The lowest BCUT2D eigenvalue weighted by Crippen LogP contribution is -2.68. The smallest absolute Gasteiger partial charge is 0.224 e. The number of fused-ring (bicyclic) bond motifs is 2. The largest absolute Gasteiger partial charge is 0.394 e. The predicted molar refractivity (Wildman–Crippen MR) is 79.4 cm³/mol. The van der Waals surface area contributed by atoms with Gasteiger partial charge in [0.15, 0.2) is 12.4 Å². The number of hydrogen-bond acceptors (Lipinski definition) is 8. The number of ether oxygens (including phenoxy) is 2. The van der Waals surface area contributed by atoms with Crippen LogP contribution in [-0.2, 0) is 14.3 Å². The lowest BCUT2D eigenvalue weighted by atomic mass is 9.70. The number of rotatable bonds is 3. The monoisotopic (exact) mass is 346 g/mol. The van der Waals surface area contributed by atoms with Crippen LogP contribution in [0.5, 0.6) is 0 Å². The van der Waals surface area contributed by atoms with Crippen molar-refractivity contribution in [2.75, 3.05) is 6.61 Å². The molecule has 2 saturated carbocycles. The summed E-state index contributed by atoms with van der Waals surface area (Å²) in [6, 6.07) is 0. The van der Waals surface area contributed by atoms with E-state index >= 15 is 0 Å². The highest BCUT2D eigenvalue weighted by Gasteiger charge is 2.67. The van der Waals surface area contributed by atoms with Gasteiger partial charge in [-0.3, -0.25) is 4.79 Å². The van der Waals surface area contributed by atoms with Crippen molar-refractivity contribution in [2.45, 2.75) is 70.1 Å². The van der Waals surface area contributed by atoms with Crippen LogP contribution in [0.15, 0.2) is 0 Å². The molecule has 3 rings (SSSR count). The lowest BCUT2D eigenvalue weighted by molar-refractivity contribution is -0.396. The summed E-state index contributed by atoms with van der Waals surface area (Å²) in [5, 5.41) is 49.0. The summed E-state index contributed by atoms with van der Waals surface area (Å²) >= 11 is 0. The topological polar surface area (TPSA) is 137 Å². The van der Waals surface area contributed by atoms with Gasteiger partial charge in [-0.2, -0.15) is 0 Å². The Labute approximate surface area is 140 Å². The molecule has 7 unspecified atom stereocenters. The minimum Gasteiger partial charge on any atom is -0.394 e. The van der Waals surface area contributed by atoms with Crippen molar-refractivity contribution in [2.24, 2.45) is 16.7 Å². The van der Waals surface area contributed by atoms with Crippen molar-refractivity contribution in [3.63, 3.8) is 0 Å². The van der Waals surface area contributed by atoms with E-state index in [1.54, 1.807) is 0 Å². The molecular weight excluding hydrogens is 320 g/mol. The third-order valence-corrected chi connectivity index (χ3v) is 6.70. The zero-order chi connectivity index (χ0) is 18.1. The SMILES string of the molecule is CC1(C)C2CC(OC3OC(CO)C(O)C(O)(O)C3O)C1(C)CC2=O. The molecule has 0 aromatic heterocycles. The molecule has 3 aliphatic rings. The number of aliphatic hydroxyl groups is 5. The first kappa shape index (κ1) is 18.2. The summed E-state index contributed by atoms with van der Waals surface area (Å²) in [6.45, 7) is 5.30. The summed E-state index contributed by atoms with van der Waals surface area (Å²) in [5.74, 6) is -2.82. The molecule has 1 heterocycles. The fraction of sp³-hybridized carbons (Fsp3) is 0.938. The van der Waals surface area contributed by atoms with Crippen molar-refractivity contribution >= 4 is 5.78 Å². The standard InChI is InChI=1S/C16H26O8/c1-14(2)7-4-10(15(14,3)5-8(7)18)24-13-12(20)16(21,22)11(19)9(6-17)23-13/h7,9-13,17,19-22H,4-6H2,1-3H3. The molecule has 0 aromatic rings. The van der Waals surface area contributed by atoms with Gasteiger partial charge in [-0.25, -0.2) is 0 Å². The third kappa shape index (κ3) is 2.21. The van der Waals surface area contributed by atoms with Gasteiger partial charge >= 0.3 is 0 Å². The minimum absolute atomic E-state index is 0.152. The molecule has 0 spiro atoms. The Balaban J connectivity index is 1.81. The van der Waals surface area contributed by atoms with Crippen LogP contribution in [0.1, 0.15) is 33.6 Å². The number of carbonyl (C=O) groups excluding carboxylic acids is 1. The minimum atomic E-state index is -2.86. The second kappa shape index (κ2) is 5.44. The highest BCUT2D eigenvalue weighted by molar-refractivity contribution is 5.87. The Morgan fingerprint density at radius 3 is 2.29 bits per heavy atom. The van der Waals surface area contributed by atoms with E-state index in [4.69, 9.17) is 9.47 Å². The molecule has 5 N–H and O–H groups in total. The quantitative estimate of drug-likeness (QED) is 0.390. The molecule has 0 radical (unpaired) electrons. The highest BCUT2D eigenvalue weighted by atomic mass is 16.7. The van der Waals surface area contributed by atoms with Crippen LogP contribution in [0, 0.1) is 16.7 Å². The number of carbonyl (C=O) groups is 1. The van der Waals surface area contributed by atoms with Gasteiger partial charge in [0.2, 0.25) is 5.79 Å². The van der Waals surface area contributed by atoms with E-state index in [-0.39, 0.29) is 17.1 Å². The van der Waals surface area contributed by atoms with E-state index in [0.717, 1.165) is 0 Å². The van der Waals surface area contributed by atoms with E-state index in [2.05, 4.69) is 0 Å². The molecular formula is C16H26O8. The van der Waals surface area contributed by atoms with E-state index < -0.39 is 48.5 Å². The molecule has 2 bridgehead atoms. The number of ketones is 1. The van der Waals surface area contributed by atoms with Crippen molar-refractivity contribution in [3.05, 3.63) is 0 Å². The van der Waals surface area contributed by atoms with Gasteiger partial charge in [0.1, 0.15) is 18.0 Å². The predicted octanol–water partition coefficient (Wildman–Crippen LogP) is -1.48. The average molecular weight is 346 g/mol. The van der Waals surface area contributed by atoms with E-state index in [9.17, 15) is 30.3 Å². The maximum absolute atomic E-state index is 12.1. The second-order valence-corrected chi connectivity index (χ2v) is 8.09. The highest BCUT2D eigenvalue weighted by Crippen LogP contribution is 2.65. The molecule has 138 valence electrons. The lowest BCUT2D eigenvalue weighted by Gasteiger charge is -2.47. The van der Waals surface area contributed by atoms with Crippen molar-refractivity contribution in [3.8, 4) is 0 Å². The first-order valence-electron chi connectivity index (χ1n) is 8.22. The van der Waals surface area contributed by atoms with Gasteiger partial charge in [-0.1, -0.05) is 20.8 Å². The number of aliphatic hydroxyl groups excluding tert-OH is 3. The van der Waals surface area contributed by atoms with E-state index in [1.807, 2.05) is 20.8 Å². The molecule has 1 saturated heterocycles. The van der Waals surface area contributed by atoms with Crippen LogP contribution in [0.3, 0.4) is 0 Å². The zero-order valence-electron chi connectivity index (χ0n) is 14.0. The van der Waals surface area contributed by atoms with Crippen LogP contribution in [0.2, 0.25) is 0 Å². The molecule has 2 aliphatic carbocycles. The number of hydrogen-bond donors (Lipinski definition) is 5. The molecule has 0 aromatic carbocycles. The van der Waals surface area contributed by atoms with Crippen LogP contribution < -0.4 is 0 Å². The summed E-state index contributed by atoms with van der Waals surface area (Å²) in [7, 11) is 0. The third-order valence-electron chi connectivity index (χ3n) is 6.70. The van der Waals surface area contributed by atoms with E-state index in [1.165, 1.54) is 0 Å². The number of Topliss-reactive ketones (excluding diaryl/α,β-unsaturated/α-hetero) is 1. The average Bonchev–Trinajstić information content (AvgIpc) is 2.78. The summed E-state index contributed by atoms with van der Waals surface area (Å²) < 4.78 is 11.2. The van der Waals surface area contributed by atoms with Crippen molar-refractivity contribution in [1.82, 2.24) is 0 Å². The summed E-state index contributed by atoms with van der Waals surface area (Å²) in [4.78, 5) is 12.1. The Kier molecular flexibility index (Phi) is 4.12. The Morgan fingerprint density at radius 1 is 1.21 bits per heavy atom. The van der Waals surface area contributed by atoms with Gasteiger partial charge < -0.3 is 35.0 Å². The fourth-order valence-electron chi connectivity index (χ4n) is 4.53. The summed E-state index contributed by atoms with van der Waals surface area (Å²) in [6.07, 6.45) is -6.09. The fourth-order valence-corrected chi connectivity index (χ4v) is 4.53. The Bertz CT molecular complexity index is 532. The maximum atomic E-state index is 12.1. The van der Waals surface area contributed by atoms with Gasteiger partial charge in [0.05, 0.1) is 12.7 Å².